The quantitative estimate of drug-likeness (QED) is 0.509. The minimum absolute atomic E-state index is 0.0585. The van der Waals surface area contributed by atoms with Gasteiger partial charge < -0.3 is 24.5 Å². The van der Waals surface area contributed by atoms with Gasteiger partial charge in [-0.2, -0.15) is 0 Å². The van der Waals surface area contributed by atoms with Crippen molar-refractivity contribution in [2.24, 2.45) is 0 Å². The molecule has 3 aromatic rings. The molecule has 2 N–H and O–H groups in total. The molecule has 0 unspecified atom stereocenters. The first-order valence-electron chi connectivity index (χ1n) is 9.21. The van der Waals surface area contributed by atoms with E-state index in [1.807, 2.05) is 12.1 Å². The molecule has 1 aromatic heterocycles. The van der Waals surface area contributed by atoms with Gasteiger partial charge in [0.2, 0.25) is 18.6 Å². The SMILES string of the molecule is O=C(CSc1nnc(CNC(=O)c2ccccc2F)o1)NCc1ccc2c(c1)OCO2. The molecule has 31 heavy (non-hydrogen) atoms. The minimum Gasteiger partial charge on any atom is -0.454 e. The van der Waals surface area contributed by atoms with Crippen molar-refractivity contribution in [2.45, 2.75) is 18.3 Å². The number of rotatable bonds is 8. The van der Waals surface area contributed by atoms with Gasteiger partial charge in [0.1, 0.15) is 5.82 Å². The van der Waals surface area contributed by atoms with Crippen LogP contribution in [0.5, 0.6) is 11.5 Å². The normalized spacial score (nSPS) is 11.9. The Morgan fingerprint density at radius 2 is 1.87 bits per heavy atom. The third-order valence-electron chi connectivity index (χ3n) is 4.22. The molecule has 0 saturated carbocycles. The summed E-state index contributed by atoms with van der Waals surface area (Å²) in [4.78, 5) is 24.1. The van der Waals surface area contributed by atoms with E-state index in [2.05, 4.69) is 20.8 Å². The molecule has 2 aromatic carbocycles. The molecule has 2 heterocycles. The van der Waals surface area contributed by atoms with Crippen LogP contribution in [-0.2, 0) is 17.9 Å². The summed E-state index contributed by atoms with van der Waals surface area (Å²) in [6.45, 7) is 0.477. The van der Waals surface area contributed by atoms with Gasteiger partial charge in [-0.15, -0.1) is 10.2 Å². The molecule has 0 spiro atoms. The Bertz CT molecular complexity index is 1110. The van der Waals surface area contributed by atoms with Gasteiger partial charge >= 0.3 is 0 Å². The molecule has 0 atom stereocenters. The van der Waals surface area contributed by atoms with Gasteiger partial charge in [0.05, 0.1) is 17.9 Å². The van der Waals surface area contributed by atoms with Crippen LogP contribution in [0.25, 0.3) is 0 Å². The third kappa shape index (κ3) is 5.31. The van der Waals surface area contributed by atoms with E-state index in [1.54, 1.807) is 12.1 Å². The smallest absolute Gasteiger partial charge is 0.277 e. The van der Waals surface area contributed by atoms with E-state index < -0.39 is 11.7 Å². The topological polar surface area (TPSA) is 116 Å². The largest absolute Gasteiger partial charge is 0.454 e. The number of amides is 2. The molecule has 2 amide bonds. The first kappa shape index (κ1) is 20.7. The van der Waals surface area contributed by atoms with Crippen LogP contribution >= 0.6 is 11.8 Å². The number of benzene rings is 2. The van der Waals surface area contributed by atoms with Gasteiger partial charge in [0.25, 0.3) is 11.1 Å². The highest BCUT2D eigenvalue weighted by Gasteiger charge is 2.15. The molecule has 4 rings (SSSR count). The highest BCUT2D eigenvalue weighted by molar-refractivity contribution is 7.99. The minimum atomic E-state index is -0.617. The number of hydrogen-bond acceptors (Lipinski definition) is 8. The van der Waals surface area contributed by atoms with Crippen LogP contribution in [0.15, 0.2) is 52.1 Å². The maximum absolute atomic E-state index is 13.6. The van der Waals surface area contributed by atoms with Crippen molar-refractivity contribution < 1.29 is 27.9 Å². The van der Waals surface area contributed by atoms with E-state index in [9.17, 15) is 14.0 Å². The highest BCUT2D eigenvalue weighted by atomic mass is 32.2. The van der Waals surface area contributed by atoms with E-state index in [4.69, 9.17) is 13.9 Å². The van der Waals surface area contributed by atoms with Gasteiger partial charge in [-0.1, -0.05) is 30.0 Å². The fourth-order valence-electron chi connectivity index (χ4n) is 2.69. The maximum atomic E-state index is 13.6. The standard InChI is InChI=1S/C20H17FN4O5S/c21-14-4-2-1-3-13(14)19(27)23-9-18-24-25-20(30-18)31-10-17(26)22-8-12-5-6-15-16(7-12)29-11-28-15/h1-7H,8-11H2,(H,22,26)(H,23,27). The summed E-state index contributed by atoms with van der Waals surface area (Å²) in [5.41, 5.74) is 0.809. The number of aromatic nitrogens is 2. The number of halogens is 1. The summed E-state index contributed by atoms with van der Waals surface area (Å²) >= 11 is 1.07. The zero-order chi connectivity index (χ0) is 21.6. The molecule has 0 aliphatic carbocycles. The van der Waals surface area contributed by atoms with Gasteiger partial charge in [-0.3, -0.25) is 9.59 Å². The van der Waals surface area contributed by atoms with Crippen LogP contribution in [0.3, 0.4) is 0 Å². The average Bonchev–Trinajstić information content (AvgIpc) is 3.43. The first-order chi connectivity index (χ1) is 15.1. The Balaban J connectivity index is 1.20. The lowest BCUT2D eigenvalue weighted by Gasteiger charge is -2.05. The van der Waals surface area contributed by atoms with E-state index in [-0.39, 0.29) is 41.7 Å². The number of ether oxygens (including phenoxy) is 2. The number of fused-ring (bicyclic) bond motifs is 1. The van der Waals surface area contributed by atoms with Crippen molar-refractivity contribution in [3.63, 3.8) is 0 Å². The molecule has 11 heteroatoms. The lowest BCUT2D eigenvalue weighted by atomic mass is 10.2. The van der Waals surface area contributed by atoms with Crippen LogP contribution in [0.2, 0.25) is 0 Å². The lowest BCUT2D eigenvalue weighted by Crippen LogP contribution is -2.24. The fourth-order valence-corrected chi connectivity index (χ4v) is 3.30. The lowest BCUT2D eigenvalue weighted by molar-refractivity contribution is -0.118. The van der Waals surface area contributed by atoms with Crippen molar-refractivity contribution in [1.82, 2.24) is 20.8 Å². The molecular weight excluding hydrogens is 427 g/mol. The van der Waals surface area contributed by atoms with E-state index in [1.165, 1.54) is 18.2 Å². The summed E-state index contributed by atoms with van der Waals surface area (Å²) in [6.07, 6.45) is 0. The second-order valence-electron chi connectivity index (χ2n) is 6.38. The molecule has 0 radical (unpaired) electrons. The summed E-state index contributed by atoms with van der Waals surface area (Å²) in [5.74, 6) is 0.142. The van der Waals surface area contributed by atoms with Gasteiger partial charge in [0.15, 0.2) is 11.5 Å². The average molecular weight is 444 g/mol. The highest BCUT2D eigenvalue weighted by Crippen LogP contribution is 2.32. The molecular formula is C20H17FN4O5S. The zero-order valence-electron chi connectivity index (χ0n) is 16.1. The second-order valence-corrected chi connectivity index (χ2v) is 7.30. The van der Waals surface area contributed by atoms with E-state index >= 15 is 0 Å². The van der Waals surface area contributed by atoms with Crippen LogP contribution in [-0.4, -0.2) is 34.6 Å². The Morgan fingerprint density at radius 3 is 2.74 bits per heavy atom. The van der Waals surface area contributed by atoms with Crippen molar-refractivity contribution in [3.05, 3.63) is 65.3 Å². The van der Waals surface area contributed by atoms with Crippen molar-refractivity contribution >= 4 is 23.6 Å². The molecule has 0 bridgehead atoms. The van der Waals surface area contributed by atoms with Crippen molar-refractivity contribution in [2.75, 3.05) is 12.5 Å². The maximum Gasteiger partial charge on any atom is 0.277 e. The summed E-state index contributed by atoms with van der Waals surface area (Å²) in [5, 5.41) is 13.1. The van der Waals surface area contributed by atoms with Crippen molar-refractivity contribution in [3.8, 4) is 11.5 Å². The Kier molecular flexibility index (Phi) is 6.32. The third-order valence-corrected chi connectivity index (χ3v) is 5.04. The number of nitrogens with one attached hydrogen (secondary N) is 2. The number of carbonyl (C=O) groups is 2. The number of nitrogens with zero attached hydrogens (tertiary/aromatic N) is 2. The van der Waals surface area contributed by atoms with E-state index in [0.717, 1.165) is 17.3 Å². The van der Waals surface area contributed by atoms with Crippen LogP contribution in [0, 0.1) is 5.82 Å². The molecule has 9 nitrogen and oxygen atoms in total. The fraction of sp³-hybridized carbons (Fsp3) is 0.200. The summed E-state index contributed by atoms with van der Waals surface area (Å²) in [6, 6.07) is 11.1. The summed E-state index contributed by atoms with van der Waals surface area (Å²) in [7, 11) is 0. The Labute approximate surface area is 180 Å². The summed E-state index contributed by atoms with van der Waals surface area (Å²) < 4.78 is 29.6. The van der Waals surface area contributed by atoms with Gasteiger partial charge in [-0.05, 0) is 29.8 Å². The monoisotopic (exact) mass is 444 g/mol. The Hall–Kier alpha value is -3.60. The van der Waals surface area contributed by atoms with Crippen LogP contribution < -0.4 is 20.1 Å². The second kappa shape index (κ2) is 9.47. The number of thioether (sulfide) groups is 1. The van der Waals surface area contributed by atoms with Gasteiger partial charge in [-0.25, -0.2) is 4.39 Å². The Morgan fingerprint density at radius 1 is 1.03 bits per heavy atom. The van der Waals surface area contributed by atoms with E-state index in [0.29, 0.717) is 18.0 Å². The molecule has 1 aliphatic heterocycles. The molecule has 1 aliphatic rings. The van der Waals surface area contributed by atoms with Gasteiger partial charge in [0, 0.05) is 6.54 Å². The van der Waals surface area contributed by atoms with Crippen LogP contribution in [0.4, 0.5) is 4.39 Å². The predicted molar refractivity (Wildman–Crippen MR) is 107 cm³/mol. The molecule has 0 saturated heterocycles. The molecule has 0 fully saturated rings. The first-order valence-corrected chi connectivity index (χ1v) is 10.2. The van der Waals surface area contributed by atoms with Crippen LogP contribution in [0.1, 0.15) is 21.8 Å². The molecule has 160 valence electrons. The zero-order valence-corrected chi connectivity index (χ0v) is 16.9. The predicted octanol–water partition coefficient (Wildman–Crippen LogP) is 2.28. The van der Waals surface area contributed by atoms with Crippen molar-refractivity contribution in [1.29, 1.82) is 0 Å². The number of hydrogen-bond donors (Lipinski definition) is 2. The number of carbonyl (C=O) groups excluding carboxylic acids is 2.